The second-order valence-corrected chi connectivity index (χ2v) is 6.60. The number of aliphatic carboxylic acids is 1. The first-order chi connectivity index (χ1) is 12.8. The van der Waals surface area contributed by atoms with Gasteiger partial charge in [-0.25, -0.2) is 0 Å². The highest BCUT2D eigenvalue weighted by atomic mass is 16.5. The molecule has 1 N–H and O–H groups in total. The zero-order valence-corrected chi connectivity index (χ0v) is 15.9. The van der Waals surface area contributed by atoms with Crippen LogP contribution >= 0.6 is 0 Å². The van der Waals surface area contributed by atoms with Crippen LogP contribution in [-0.2, 0) is 20.8 Å². The third kappa shape index (κ3) is 5.35. The molecule has 0 saturated carbocycles. The van der Waals surface area contributed by atoms with Gasteiger partial charge in [0.05, 0.1) is 33.1 Å². The first-order valence-electron chi connectivity index (χ1n) is 8.81. The van der Waals surface area contributed by atoms with Crippen LogP contribution in [0.2, 0.25) is 0 Å². The van der Waals surface area contributed by atoms with Gasteiger partial charge in [0.15, 0.2) is 0 Å². The van der Waals surface area contributed by atoms with Crippen LogP contribution in [0.4, 0.5) is 0 Å². The van der Waals surface area contributed by atoms with Crippen molar-refractivity contribution in [2.24, 2.45) is 5.92 Å². The third-order valence-corrected chi connectivity index (χ3v) is 4.82. The molecular formula is C19H26N2O6. The maximum atomic E-state index is 12.5. The Morgan fingerprint density at radius 2 is 1.85 bits per heavy atom. The van der Waals surface area contributed by atoms with Crippen molar-refractivity contribution in [2.75, 3.05) is 40.9 Å². The summed E-state index contributed by atoms with van der Waals surface area (Å²) in [6, 6.07) is 5.23. The Labute approximate surface area is 158 Å². The van der Waals surface area contributed by atoms with E-state index in [9.17, 15) is 14.4 Å². The summed E-state index contributed by atoms with van der Waals surface area (Å²) in [5.41, 5.74) is 0.684. The zero-order chi connectivity index (χ0) is 20.0. The molecular weight excluding hydrogens is 352 g/mol. The van der Waals surface area contributed by atoms with Crippen molar-refractivity contribution < 1.29 is 29.0 Å². The summed E-state index contributed by atoms with van der Waals surface area (Å²) in [5.74, 6) is -0.392. The molecule has 0 aromatic heterocycles. The maximum absolute atomic E-state index is 12.5. The SMILES string of the molecule is COc1ccc(OC)c(CC(=O)N(C)CC(=O)N2CCC(C(=O)O)CC2)c1. The van der Waals surface area contributed by atoms with Gasteiger partial charge in [-0.2, -0.15) is 0 Å². The average molecular weight is 378 g/mol. The van der Waals surface area contributed by atoms with Gasteiger partial charge in [-0.15, -0.1) is 0 Å². The van der Waals surface area contributed by atoms with E-state index in [0.29, 0.717) is 43.0 Å². The molecule has 27 heavy (non-hydrogen) atoms. The predicted octanol–water partition coefficient (Wildman–Crippen LogP) is 1.03. The molecule has 1 aliphatic rings. The van der Waals surface area contributed by atoms with Crippen LogP contribution in [0.1, 0.15) is 18.4 Å². The lowest BCUT2D eigenvalue weighted by Crippen LogP contribution is -2.45. The fourth-order valence-corrected chi connectivity index (χ4v) is 3.08. The highest BCUT2D eigenvalue weighted by molar-refractivity contribution is 5.86. The van der Waals surface area contributed by atoms with E-state index in [4.69, 9.17) is 14.6 Å². The number of hydrogen-bond acceptors (Lipinski definition) is 5. The highest BCUT2D eigenvalue weighted by Crippen LogP contribution is 2.25. The predicted molar refractivity (Wildman–Crippen MR) is 97.8 cm³/mol. The van der Waals surface area contributed by atoms with Gasteiger partial charge in [0.1, 0.15) is 11.5 Å². The van der Waals surface area contributed by atoms with E-state index in [1.165, 1.54) is 12.0 Å². The Morgan fingerprint density at radius 1 is 1.19 bits per heavy atom. The fourth-order valence-electron chi connectivity index (χ4n) is 3.08. The van der Waals surface area contributed by atoms with Gasteiger partial charge in [-0.3, -0.25) is 14.4 Å². The molecule has 1 aliphatic heterocycles. The molecule has 0 bridgehead atoms. The van der Waals surface area contributed by atoms with Crippen LogP contribution in [-0.4, -0.2) is 73.6 Å². The van der Waals surface area contributed by atoms with Gasteiger partial charge in [0.2, 0.25) is 11.8 Å². The molecule has 2 rings (SSSR count). The van der Waals surface area contributed by atoms with Crippen molar-refractivity contribution in [1.29, 1.82) is 0 Å². The Kier molecular flexibility index (Phi) is 7.04. The summed E-state index contributed by atoms with van der Waals surface area (Å²) in [4.78, 5) is 38.9. The van der Waals surface area contributed by atoms with E-state index in [1.807, 2.05) is 0 Å². The molecule has 8 heteroatoms. The number of likely N-dealkylation sites (N-methyl/N-ethyl adjacent to an activating group) is 1. The monoisotopic (exact) mass is 378 g/mol. The van der Waals surface area contributed by atoms with Crippen molar-refractivity contribution in [3.05, 3.63) is 23.8 Å². The van der Waals surface area contributed by atoms with Crippen LogP contribution < -0.4 is 9.47 Å². The second-order valence-electron chi connectivity index (χ2n) is 6.60. The molecule has 148 valence electrons. The van der Waals surface area contributed by atoms with Gasteiger partial charge >= 0.3 is 5.97 Å². The summed E-state index contributed by atoms with van der Waals surface area (Å²) >= 11 is 0. The Balaban J connectivity index is 1.92. The number of nitrogens with zero attached hydrogens (tertiary/aromatic N) is 2. The smallest absolute Gasteiger partial charge is 0.306 e. The topological polar surface area (TPSA) is 96.4 Å². The number of rotatable bonds is 7. The lowest BCUT2D eigenvalue weighted by Gasteiger charge is -2.31. The van der Waals surface area contributed by atoms with Gasteiger partial charge < -0.3 is 24.4 Å². The molecule has 0 radical (unpaired) electrons. The molecule has 8 nitrogen and oxygen atoms in total. The number of carbonyl (C=O) groups is 3. The van der Waals surface area contributed by atoms with Crippen LogP contribution in [0.5, 0.6) is 11.5 Å². The van der Waals surface area contributed by atoms with Crippen molar-refractivity contribution in [1.82, 2.24) is 9.80 Å². The standard InChI is InChI=1S/C19H26N2O6/c1-20(12-18(23)21-8-6-13(7-9-21)19(24)25)17(22)11-14-10-15(26-2)4-5-16(14)27-3/h4-5,10,13H,6-9,11-12H2,1-3H3,(H,24,25). The summed E-state index contributed by atoms with van der Waals surface area (Å²) < 4.78 is 10.5. The fraction of sp³-hybridized carbons (Fsp3) is 0.526. The molecule has 1 saturated heterocycles. The summed E-state index contributed by atoms with van der Waals surface area (Å²) in [6.07, 6.45) is 0.977. The van der Waals surface area contributed by atoms with Crippen molar-refractivity contribution in [3.8, 4) is 11.5 Å². The van der Waals surface area contributed by atoms with Crippen molar-refractivity contribution in [3.63, 3.8) is 0 Å². The van der Waals surface area contributed by atoms with Crippen LogP contribution in [0.3, 0.4) is 0 Å². The normalized spacial score (nSPS) is 14.6. The van der Waals surface area contributed by atoms with Crippen LogP contribution in [0.25, 0.3) is 0 Å². The Bertz CT molecular complexity index is 697. The minimum absolute atomic E-state index is 0.0388. The van der Waals surface area contributed by atoms with E-state index in [1.54, 1.807) is 37.3 Å². The lowest BCUT2D eigenvalue weighted by molar-refractivity contribution is -0.146. The lowest BCUT2D eigenvalue weighted by atomic mass is 9.97. The number of likely N-dealkylation sites (tertiary alicyclic amines) is 1. The average Bonchev–Trinajstić information content (AvgIpc) is 2.67. The molecule has 1 aromatic rings. The minimum atomic E-state index is -0.818. The van der Waals surface area contributed by atoms with E-state index in [2.05, 4.69) is 0 Å². The van der Waals surface area contributed by atoms with Gasteiger partial charge in [-0.05, 0) is 31.0 Å². The summed E-state index contributed by atoms with van der Waals surface area (Å²) in [7, 11) is 4.66. The molecule has 0 unspecified atom stereocenters. The quantitative estimate of drug-likeness (QED) is 0.761. The Hall–Kier alpha value is -2.77. The minimum Gasteiger partial charge on any atom is -0.497 e. The van der Waals surface area contributed by atoms with E-state index < -0.39 is 11.9 Å². The van der Waals surface area contributed by atoms with Crippen molar-refractivity contribution >= 4 is 17.8 Å². The summed E-state index contributed by atoms with van der Waals surface area (Å²) in [5, 5.41) is 9.03. The second kappa shape index (κ2) is 9.25. The highest BCUT2D eigenvalue weighted by Gasteiger charge is 2.28. The van der Waals surface area contributed by atoms with E-state index in [-0.39, 0.29) is 24.8 Å². The van der Waals surface area contributed by atoms with E-state index in [0.717, 1.165) is 0 Å². The zero-order valence-electron chi connectivity index (χ0n) is 15.9. The molecule has 0 aliphatic carbocycles. The van der Waals surface area contributed by atoms with E-state index >= 15 is 0 Å². The first-order valence-corrected chi connectivity index (χ1v) is 8.81. The number of methoxy groups -OCH3 is 2. The molecule has 1 fully saturated rings. The molecule has 1 aromatic carbocycles. The number of hydrogen-bond donors (Lipinski definition) is 1. The van der Waals surface area contributed by atoms with Gasteiger partial charge in [0, 0.05) is 25.7 Å². The third-order valence-electron chi connectivity index (χ3n) is 4.82. The molecule has 0 atom stereocenters. The number of piperidine rings is 1. The number of amides is 2. The van der Waals surface area contributed by atoms with Gasteiger partial charge in [-0.1, -0.05) is 0 Å². The first kappa shape index (κ1) is 20.5. The molecule has 0 spiro atoms. The van der Waals surface area contributed by atoms with Crippen molar-refractivity contribution in [2.45, 2.75) is 19.3 Å². The van der Waals surface area contributed by atoms with Crippen LogP contribution in [0, 0.1) is 5.92 Å². The number of carboxylic acids is 1. The van der Waals surface area contributed by atoms with Gasteiger partial charge in [0.25, 0.3) is 0 Å². The molecule has 2 amide bonds. The number of ether oxygens (including phenoxy) is 2. The largest absolute Gasteiger partial charge is 0.497 e. The Morgan fingerprint density at radius 3 is 2.41 bits per heavy atom. The maximum Gasteiger partial charge on any atom is 0.306 e. The number of benzene rings is 1. The summed E-state index contributed by atoms with van der Waals surface area (Å²) in [6.45, 7) is 0.770. The van der Waals surface area contributed by atoms with Crippen LogP contribution in [0.15, 0.2) is 18.2 Å². The number of carbonyl (C=O) groups excluding carboxylic acids is 2. The number of carboxylic acid groups (broad SMARTS) is 1. The molecule has 1 heterocycles.